The van der Waals surface area contributed by atoms with Gasteiger partial charge >= 0.3 is 5.97 Å². The summed E-state index contributed by atoms with van der Waals surface area (Å²) in [5, 5.41) is 19.2. The van der Waals surface area contributed by atoms with Crippen molar-refractivity contribution >= 4 is 5.97 Å². The largest absolute Gasteiger partial charge is 0.481 e. The van der Waals surface area contributed by atoms with Crippen LogP contribution in [0.25, 0.3) is 0 Å². The summed E-state index contributed by atoms with van der Waals surface area (Å²) in [6, 6.07) is 0.0893. The Bertz CT molecular complexity index is 263. The van der Waals surface area contributed by atoms with Gasteiger partial charge in [-0.3, -0.25) is 9.69 Å². The van der Waals surface area contributed by atoms with E-state index in [-0.39, 0.29) is 18.4 Å². The van der Waals surface area contributed by atoms with Gasteiger partial charge < -0.3 is 10.2 Å². The van der Waals surface area contributed by atoms with Crippen molar-refractivity contribution in [2.75, 3.05) is 13.1 Å². The Kier molecular flexibility index (Phi) is 4.95. The Balaban J connectivity index is 2.62. The standard InChI is InChI=1S/C13H25NO3/c1-10(2)13(3,17)9-14-7-5-4-6-11(14)8-12(15)16/h10-11,17H,4-9H2,1-3H3,(H,15,16). The zero-order valence-electron chi connectivity index (χ0n) is 11.1. The van der Waals surface area contributed by atoms with E-state index in [1.54, 1.807) is 0 Å². The molecule has 0 bridgehead atoms. The second kappa shape index (κ2) is 5.83. The molecule has 0 aromatic heterocycles. The van der Waals surface area contributed by atoms with Crippen molar-refractivity contribution in [3.05, 3.63) is 0 Å². The van der Waals surface area contributed by atoms with Crippen LogP contribution in [0.2, 0.25) is 0 Å². The molecule has 0 spiro atoms. The van der Waals surface area contributed by atoms with E-state index >= 15 is 0 Å². The number of rotatable bonds is 5. The normalized spacial score (nSPS) is 25.8. The Morgan fingerprint density at radius 2 is 2.12 bits per heavy atom. The van der Waals surface area contributed by atoms with Crippen molar-refractivity contribution in [1.29, 1.82) is 0 Å². The second-order valence-electron chi connectivity index (χ2n) is 5.73. The number of piperidine rings is 1. The summed E-state index contributed by atoms with van der Waals surface area (Å²) >= 11 is 0. The number of carboxylic acids is 1. The Morgan fingerprint density at radius 3 is 2.65 bits per heavy atom. The van der Waals surface area contributed by atoms with E-state index in [1.165, 1.54) is 0 Å². The minimum Gasteiger partial charge on any atom is -0.481 e. The number of hydrogen-bond donors (Lipinski definition) is 2. The number of aliphatic carboxylic acids is 1. The van der Waals surface area contributed by atoms with Crippen molar-refractivity contribution in [2.45, 2.75) is 58.1 Å². The van der Waals surface area contributed by atoms with E-state index in [0.29, 0.717) is 6.54 Å². The molecule has 0 saturated carbocycles. The first kappa shape index (κ1) is 14.5. The highest BCUT2D eigenvalue weighted by Crippen LogP contribution is 2.25. The van der Waals surface area contributed by atoms with Gasteiger partial charge in [-0.15, -0.1) is 0 Å². The summed E-state index contributed by atoms with van der Waals surface area (Å²) in [6.07, 6.45) is 3.32. The number of carboxylic acid groups (broad SMARTS) is 1. The van der Waals surface area contributed by atoms with Crippen LogP contribution in [0.3, 0.4) is 0 Å². The minimum absolute atomic E-state index is 0.0893. The maximum atomic E-state index is 10.8. The average Bonchev–Trinajstić information content (AvgIpc) is 2.19. The van der Waals surface area contributed by atoms with E-state index in [1.807, 2.05) is 20.8 Å². The molecule has 1 fully saturated rings. The van der Waals surface area contributed by atoms with Gasteiger partial charge in [0.2, 0.25) is 0 Å². The fourth-order valence-electron chi connectivity index (χ4n) is 2.29. The monoisotopic (exact) mass is 243 g/mol. The maximum absolute atomic E-state index is 10.8. The van der Waals surface area contributed by atoms with Crippen LogP contribution < -0.4 is 0 Å². The summed E-state index contributed by atoms with van der Waals surface area (Å²) in [5.41, 5.74) is -0.742. The van der Waals surface area contributed by atoms with Crippen LogP contribution in [0.1, 0.15) is 46.5 Å². The lowest BCUT2D eigenvalue weighted by atomic mass is 9.89. The highest BCUT2D eigenvalue weighted by Gasteiger charge is 2.32. The topological polar surface area (TPSA) is 60.8 Å². The molecule has 0 aliphatic carbocycles. The molecule has 0 aromatic rings. The molecule has 0 aromatic carbocycles. The highest BCUT2D eigenvalue weighted by atomic mass is 16.4. The SMILES string of the molecule is CC(C)C(C)(O)CN1CCCCC1CC(=O)O. The zero-order valence-corrected chi connectivity index (χ0v) is 11.1. The third-order valence-electron chi connectivity index (χ3n) is 3.93. The van der Waals surface area contributed by atoms with Crippen LogP contribution in [0.5, 0.6) is 0 Å². The van der Waals surface area contributed by atoms with E-state index < -0.39 is 11.6 Å². The molecule has 100 valence electrons. The maximum Gasteiger partial charge on any atom is 0.304 e. The lowest BCUT2D eigenvalue weighted by Crippen LogP contribution is -2.50. The number of hydrogen-bond acceptors (Lipinski definition) is 3. The van der Waals surface area contributed by atoms with Gasteiger partial charge in [-0.25, -0.2) is 0 Å². The molecular weight excluding hydrogens is 218 g/mol. The first-order chi connectivity index (χ1) is 7.83. The minimum atomic E-state index is -0.744. The van der Waals surface area contributed by atoms with Crippen LogP contribution in [0.4, 0.5) is 0 Å². The summed E-state index contributed by atoms with van der Waals surface area (Å²) in [4.78, 5) is 13.0. The van der Waals surface area contributed by atoms with Crippen molar-refractivity contribution in [3.63, 3.8) is 0 Å². The van der Waals surface area contributed by atoms with Crippen molar-refractivity contribution in [3.8, 4) is 0 Å². The van der Waals surface area contributed by atoms with Crippen molar-refractivity contribution in [2.24, 2.45) is 5.92 Å². The molecule has 1 saturated heterocycles. The molecule has 1 aliphatic heterocycles. The van der Waals surface area contributed by atoms with Gasteiger partial charge in [-0.2, -0.15) is 0 Å². The van der Waals surface area contributed by atoms with Gasteiger partial charge in [0.1, 0.15) is 0 Å². The van der Waals surface area contributed by atoms with Crippen LogP contribution in [-0.4, -0.2) is 45.8 Å². The predicted molar refractivity (Wildman–Crippen MR) is 66.9 cm³/mol. The molecule has 4 nitrogen and oxygen atoms in total. The first-order valence-corrected chi connectivity index (χ1v) is 6.51. The predicted octanol–water partition coefficient (Wildman–Crippen LogP) is 1.72. The smallest absolute Gasteiger partial charge is 0.304 e. The number of nitrogens with zero attached hydrogens (tertiary/aromatic N) is 1. The van der Waals surface area contributed by atoms with E-state index in [9.17, 15) is 9.90 Å². The number of aliphatic hydroxyl groups is 1. The molecule has 1 rings (SSSR count). The van der Waals surface area contributed by atoms with E-state index in [4.69, 9.17) is 5.11 Å². The fourth-order valence-corrected chi connectivity index (χ4v) is 2.29. The lowest BCUT2D eigenvalue weighted by molar-refractivity contribution is -0.139. The summed E-state index contributed by atoms with van der Waals surface area (Å²) in [6.45, 7) is 7.31. The van der Waals surface area contributed by atoms with Crippen LogP contribution in [-0.2, 0) is 4.79 Å². The lowest BCUT2D eigenvalue weighted by Gasteiger charge is -2.40. The van der Waals surface area contributed by atoms with Crippen LogP contribution >= 0.6 is 0 Å². The van der Waals surface area contributed by atoms with Gasteiger partial charge in [0.25, 0.3) is 0 Å². The quantitative estimate of drug-likeness (QED) is 0.772. The van der Waals surface area contributed by atoms with Gasteiger partial charge in [0, 0.05) is 12.6 Å². The molecule has 1 aliphatic rings. The molecule has 4 heteroatoms. The summed E-state index contributed by atoms with van der Waals surface area (Å²) in [7, 11) is 0. The zero-order chi connectivity index (χ0) is 13.1. The van der Waals surface area contributed by atoms with Gasteiger partial charge in [-0.1, -0.05) is 20.3 Å². The van der Waals surface area contributed by atoms with Gasteiger partial charge in [-0.05, 0) is 32.2 Å². The molecule has 0 radical (unpaired) electrons. The molecule has 2 unspecified atom stereocenters. The van der Waals surface area contributed by atoms with Crippen molar-refractivity contribution < 1.29 is 15.0 Å². The van der Waals surface area contributed by atoms with Gasteiger partial charge in [0.05, 0.1) is 12.0 Å². The molecule has 17 heavy (non-hydrogen) atoms. The van der Waals surface area contributed by atoms with Gasteiger partial charge in [0.15, 0.2) is 0 Å². The molecular formula is C13H25NO3. The first-order valence-electron chi connectivity index (χ1n) is 6.51. The Morgan fingerprint density at radius 1 is 1.47 bits per heavy atom. The summed E-state index contributed by atoms with van der Waals surface area (Å²) in [5.74, 6) is -0.569. The summed E-state index contributed by atoms with van der Waals surface area (Å²) < 4.78 is 0. The van der Waals surface area contributed by atoms with Crippen LogP contribution in [0, 0.1) is 5.92 Å². The number of β-amino-alcohol motifs (C(OH)–C–C–N with tert-alkyl or cyclic N) is 1. The molecule has 0 amide bonds. The van der Waals surface area contributed by atoms with E-state index in [2.05, 4.69) is 4.90 Å². The van der Waals surface area contributed by atoms with E-state index in [0.717, 1.165) is 25.8 Å². The Hall–Kier alpha value is -0.610. The molecule has 1 heterocycles. The Labute approximate surface area is 104 Å². The van der Waals surface area contributed by atoms with Crippen molar-refractivity contribution in [1.82, 2.24) is 4.90 Å². The molecule has 2 N–H and O–H groups in total. The average molecular weight is 243 g/mol. The number of likely N-dealkylation sites (tertiary alicyclic amines) is 1. The third kappa shape index (κ3) is 4.28. The van der Waals surface area contributed by atoms with Crippen LogP contribution in [0.15, 0.2) is 0 Å². The highest BCUT2D eigenvalue weighted by molar-refractivity contribution is 5.67. The number of carbonyl (C=O) groups is 1. The second-order valence-corrected chi connectivity index (χ2v) is 5.73. The molecule has 2 atom stereocenters. The fraction of sp³-hybridized carbons (Fsp3) is 0.923. The third-order valence-corrected chi connectivity index (χ3v) is 3.93.